The molecular formula is C32H41N3O6Si. The quantitative estimate of drug-likeness (QED) is 0.158. The number of likely N-dealkylation sites (tertiary alicyclic amines) is 2. The number of carbonyl (C=O) groups is 5. The fourth-order valence-electron chi connectivity index (χ4n) is 8.17. The molecule has 4 fully saturated rings. The van der Waals surface area contributed by atoms with Gasteiger partial charge in [0.15, 0.2) is 14.1 Å². The van der Waals surface area contributed by atoms with E-state index in [4.69, 9.17) is 4.43 Å². The predicted octanol–water partition coefficient (Wildman–Crippen LogP) is 3.27. The van der Waals surface area contributed by atoms with Crippen molar-refractivity contribution < 1.29 is 28.4 Å². The Morgan fingerprint density at radius 1 is 0.929 bits per heavy atom. The van der Waals surface area contributed by atoms with Gasteiger partial charge >= 0.3 is 0 Å². The van der Waals surface area contributed by atoms with Crippen molar-refractivity contribution in [2.24, 2.45) is 23.7 Å². The highest BCUT2D eigenvalue weighted by Crippen LogP contribution is 2.64. The summed E-state index contributed by atoms with van der Waals surface area (Å²) in [7, 11) is 1.01. The zero-order valence-corrected chi connectivity index (χ0v) is 26.5. The van der Waals surface area contributed by atoms with E-state index in [1.54, 1.807) is 30.3 Å². The highest BCUT2D eigenvalue weighted by Gasteiger charge is 2.82. The van der Waals surface area contributed by atoms with Crippen LogP contribution in [0.5, 0.6) is 0 Å². The summed E-state index contributed by atoms with van der Waals surface area (Å²) in [5, 5.41) is 0.104. The Balaban J connectivity index is 1.43. The van der Waals surface area contributed by atoms with E-state index < -0.39 is 61.4 Å². The number of hydrogen-bond acceptors (Lipinski definition) is 7. The number of hydrogen-bond donors (Lipinski definition) is 0. The van der Waals surface area contributed by atoms with Crippen molar-refractivity contribution in [1.29, 1.82) is 0 Å². The van der Waals surface area contributed by atoms with Gasteiger partial charge in [-0.3, -0.25) is 38.7 Å². The number of rotatable bonds is 7. The number of Topliss-reactive ketones (excluding diaryl/α,β-unsaturated/α-hetero) is 1. The first-order chi connectivity index (χ1) is 19.7. The van der Waals surface area contributed by atoms with Crippen LogP contribution in [0.25, 0.3) is 0 Å². The lowest BCUT2D eigenvalue weighted by Gasteiger charge is -2.44. The van der Waals surface area contributed by atoms with E-state index in [-0.39, 0.29) is 22.6 Å². The SMILES string of the molecule is CN1C(=O)C2C3C=C(CCCO[Si](C)(C)C(C)(C)C)CC4C5C(=O)N(C)C(=O)C5C(C(=O)c5ccccc5)(C2C1=O)N34. The molecule has 0 bridgehead atoms. The molecule has 5 aliphatic rings. The molecular weight excluding hydrogens is 550 g/mol. The molecule has 0 aromatic heterocycles. The lowest BCUT2D eigenvalue weighted by atomic mass is 9.66. The minimum Gasteiger partial charge on any atom is -0.417 e. The number of nitrogens with zero attached hydrogens (tertiary/aromatic N) is 3. The van der Waals surface area contributed by atoms with Crippen LogP contribution in [0.1, 0.15) is 50.4 Å². The second-order valence-corrected chi connectivity index (χ2v) is 19.0. The second kappa shape index (κ2) is 9.52. The predicted molar refractivity (Wildman–Crippen MR) is 158 cm³/mol. The third-order valence-corrected chi connectivity index (χ3v) is 15.7. The number of amides is 4. The third kappa shape index (κ3) is 3.70. The van der Waals surface area contributed by atoms with Gasteiger partial charge in [0.2, 0.25) is 23.6 Å². The van der Waals surface area contributed by atoms with Crippen molar-refractivity contribution in [3.8, 4) is 0 Å². The molecule has 6 rings (SSSR count). The Hall–Kier alpha value is -2.95. The van der Waals surface area contributed by atoms with E-state index in [1.807, 2.05) is 4.90 Å². The molecule has 42 heavy (non-hydrogen) atoms. The molecule has 5 aliphatic heterocycles. The normalized spacial score (nSPS) is 34.2. The highest BCUT2D eigenvalue weighted by molar-refractivity contribution is 6.74. The van der Waals surface area contributed by atoms with Gasteiger partial charge < -0.3 is 4.43 Å². The van der Waals surface area contributed by atoms with Gasteiger partial charge in [0.05, 0.1) is 23.7 Å². The summed E-state index contributed by atoms with van der Waals surface area (Å²) >= 11 is 0. The van der Waals surface area contributed by atoms with Crippen LogP contribution in [0, 0.1) is 23.7 Å². The summed E-state index contributed by atoms with van der Waals surface area (Å²) in [6.07, 6.45) is 4.07. The Bertz CT molecular complexity index is 1420. The monoisotopic (exact) mass is 591 g/mol. The summed E-state index contributed by atoms with van der Waals surface area (Å²) in [5.41, 5.74) is -0.139. The number of ketones is 1. The summed E-state index contributed by atoms with van der Waals surface area (Å²) in [5.74, 6) is -5.49. The molecule has 1 aromatic rings. The van der Waals surface area contributed by atoms with E-state index in [0.29, 0.717) is 18.6 Å². The van der Waals surface area contributed by atoms with Crippen molar-refractivity contribution in [2.75, 3.05) is 20.7 Å². The topological polar surface area (TPSA) is 104 Å². The lowest BCUT2D eigenvalue weighted by molar-refractivity contribution is -0.142. The zero-order chi connectivity index (χ0) is 30.5. The van der Waals surface area contributed by atoms with Crippen LogP contribution in [0.2, 0.25) is 18.1 Å². The summed E-state index contributed by atoms with van der Waals surface area (Å²) in [6.45, 7) is 11.7. The maximum absolute atomic E-state index is 14.7. The second-order valence-electron chi connectivity index (χ2n) is 14.2. The van der Waals surface area contributed by atoms with Crippen LogP contribution < -0.4 is 0 Å². The van der Waals surface area contributed by atoms with Crippen molar-refractivity contribution in [3.05, 3.63) is 47.5 Å². The molecule has 10 heteroatoms. The molecule has 7 atom stereocenters. The molecule has 1 aromatic carbocycles. The molecule has 5 heterocycles. The molecule has 4 saturated heterocycles. The maximum Gasteiger partial charge on any atom is 0.235 e. The van der Waals surface area contributed by atoms with E-state index in [1.165, 1.54) is 14.1 Å². The van der Waals surface area contributed by atoms with Crippen molar-refractivity contribution in [2.45, 2.75) is 75.8 Å². The largest absolute Gasteiger partial charge is 0.417 e. The Labute approximate surface area is 248 Å². The fraction of sp³-hybridized carbons (Fsp3) is 0.594. The number of imide groups is 2. The Morgan fingerprint density at radius 2 is 1.50 bits per heavy atom. The Morgan fingerprint density at radius 3 is 2.10 bits per heavy atom. The number of fused-ring (bicyclic) bond motifs is 6. The molecule has 224 valence electrons. The van der Waals surface area contributed by atoms with E-state index >= 15 is 0 Å². The minimum absolute atomic E-state index is 0.104. The highest BCUT2D eigenvalue weighted by atomic mass is 28.4. The van der Waals surface area contributed by atoms with Crippen LogP contribution in [0.3, 0.4) is 0 Å². The van der Waals surface area contributed by atoms with Gasteiger partial charge in [0.25, 0.3) is 0 Å². The number of carbonyl (C=O) groups excluding carboxylic acids is 5. The van der Waals surface area contributed by atoms with Crippen LogP contribution >= 0.6 is 0 Å². The molecule has 0 N–H and O–H groups in total. The first kappa shape index (κ1) is 29.1. The van der Waals surface area contributed by atoms with Gasteiger partial charge in [0, 0.05) is 38.3 Å². The standard InChI is InChI=1S/C32H41N3O6Si/c1-31(2,3)42(6,7)41-15-11-12-18-16-20-22-24(29(39)33(4)27(22)37)32(26(36)19-13-9-8-10-14-19)25-23(21(17-18)35(20)32)28(38)34(5)30(25)40/h8-10,13-14,16,20-25H,11-12,15,17H2,1-7H3. The summed E-state index contributed by atoms with van der Waals surface area (Å²) < 4.78 is 6.40. The van der Waals surface area contributed by atoms with Crippen LogP contribution in [0.4, 0.5) is 0 Å². The summed E-state index contributed by atoms with van der Waals surface area (Å²) in [6, 6.07) is 7.67. The van der Waals surface area contributed by atoms with Crippen LogP contribution in [0.15, 0.2) is 42.0 Å². The van der Waals surface area contributed by atoms with Gasteiger partial charge in [-0.05, 0) is 37.4 Å². The van der Waals surface area contributed by atoms with Crippen LogP contribution in [-0.2, 0) is 23.6 Å². The van der Waals surface area contributed by atoms with Gasteiger partial charge in [0.1, 0.15) is 5.54 Å². The molecule has 0 spiro atoms. The van der Waals surface area contributed by atoms with Crippen molar-refractivity contribution in [1.82, 2.24) is 14.7 Å². The number of benzene rings is 1. The van der Waals surface area contributed by atoms with Gasteiger partial charge in [-0.15, -0.1) is 0 Å². The first-order valence-electron chi connectivity index (χ1n) is 15.0. The molecule has 7 unspecified atom stereocenters. The maximum atomic E-state index is 14.7. The van der Waals surface area contributed by atoms with E-state index in [2.05, 4.69) is 39.9 Å². The average Bonchev–Trinajstić information content (AvgIpc) is 3.57. The average molecular weight is 592 g/mol. The van der Waals surface area contributed by atoms with Gasteiger partial charge in [-0.1, -0.05) is 62.8 Å². The van der Waals surface area contributed by atoms with Gasteiger partial charge in [-0.2, -0.15) is 0 Å². The summed E-state index contributed by atoms with van der Waals surface area (Å²) in [4.78, 5) is 74.0. The molecule has 4 amide bonds. The van der Waals surface area contributed by atoms with E-state index in [9.17, 15) is 24.0 Å². The molecule has 0 aliphatic carbocycles. The molecule has 0 saturated carbocycles. The molecule has 0 radical (unpaired) electrons. The Kier molecular flexibility index (Phi) is 6.61. The van der Waals surface area contributed by atoms with Crippen LogP contribution in [-0.4, -0.2) is 90.8 Å². The first-order valence-corrected chi connectivity index (χ1v) is 17.9. The molecule has 9 nitrogen and oxygen atoms in total. The van der Waals surface area contributed by atoms with Crippen molar-refractivity contribution in [3.63, 3.8) is 0 Å². The van der Waals surface area contributed by atoms with Crippen molar-refractivity contribution >= 4 is 37.7 Å². The van der Waals surface area contributed by atoms with Gasteiger partial charge in [-0.25, -0.2) is 0 Å². The minimum atomic E-state index is -1.91. The lowest BCUT2D eigenvalue weighted by Crippen LogP contribution is -2.62. The smallest absolute Gasteiger partial charge is 0.235 e. The zero-order valence-electron chi connectivity index (χ0n) is 25.5. The fourth-order valence-corrected chi connectivity index (χ4v) is 9.25. The van der Waals surface area contributed by atoms with E-state index in [0.717, 1.165) is 28.2 Å². The third-order valence-electron chi connectivity index (χ3n) is 11.2.